The van der Waals surface area contributed by atoms with Crippen LogP contribution in [0.2, 0.25) is 0 Å². The van der Waals surface area contributed by atoms with Gasteiger partial charge >= 0.3 is 5.69 Å². The second-order valence-corrected chi connectivity index (χ2v) is 3.87. The lowest BCUT2D eigenvalue weighted by atomic mass is 10.1. The molecule has 0 saturated heterocycles. The highest BCUT2D eigenvalue weighted by Gasteiger charge is 2.35. The molecule has 1 heterocycles. The standard InChI is InChI=1S/C10H13N3O4/c11-7-1-2-13(10(17)12-7)6-3-5(4-14)8(15)9(6)16/h1-3,6,8-9,14-16H,4H2,(H2,11,12,17)/t6-,8?,9+/m1/s1. The Morgan fingerprint density at radius 3 is 2.71 bits per heavy atom. The number of nitrogens with zero attached hydrogens (tertiary/aromatic N) is 2. The molecule has 3 atom stereocenters. The third-order valence-corrected chi connectivity index (χ3v) is 2.79. The number of aliphatic hydroxyl groups excluding tert-OH is 3. The minimum Gasteiger partial charge on any atom is -0.392 e. The average Bonchev–Trinajstić information content (AvgIpc) is 2.57. The molecule has 1 aromatic rings. The molecule has 0 saturated carbocycles. The molecule has 0 fully saturated rings. The zero-order chi connectivity index (χ0) is 12.6. The monoisotopic (exact) mass is 239 g/mol. The predicted octanol–water partition coefficient (Wildman–Crippen LogP) is -1.98. The van der Waals surface area contributed by atoms with E-state index < -0.39 is 23.9 Å². The van der Waals surface area contributed by atoms with Crippen LogP contribution in [0, 0.1) is 0 Å². The van der Waals surface area contributed by atoms with Gasteiger partial charge in [-0.15, -0.1) is 0 Å². The Morgan fingerprint density at radius 2 is 2.18 bits per heavy atom. The van der Waals surface area contributed by atoms with Crippen LogP contribution in [-0.2, 0) is 0 Å². The summed E-state index contributed by atoms with van der Waals surface area (Å²) in [7, 11) is 0. The van der Waals surface area contributed by atoms with E-state index in [0.717, 1.165) is 4.57 Å². The van der Waals surface area contributed by atoms with Crippen LogP contribution in [0.25, 0.3) is 0 Å². The van der Waals surface area contributed by atoms with Gasteiger partial charge in [-0.25, -0.2) is 4.79 Å². The summed E-state index contributed by atoms with van der Waals surface area (Å²) in [4.78, 5) is 15.1. The Kier molecular flexibility index (Phi) is 2.97. The van der Waals surface area contributed by atoms with Crippen molar-refractivity contribution >= 4 is 5.82 Å². The maximum atomic E-state index is 11.6. The van der Waals surface area contributed by atoms with E-state index in [9.17, 15) is 15.0 Å². The van der Waals surface area contributed by atoms with E-state index in [1.54, 1.807) is 0 Å². The van der Waals surface area contributed by atoms with E-state index in [-0.39, 0.29) is 18.0 Å². The number of anilines is 1. The van der Waals surface area contributed by atoms with Crippen LogP contribution in [0.15, 0.2) is 28.7 Å². The van der Waals surface area contributed by atoms with Crippen molar-refractivity contribution < 1.29 is 15.3 Å². The van der Waals surface area contributed by atoms with Gasteiger partial charge < -0.3 is 21.1 Å². The van der Waals surface area contributed by atoms with Crippen LogP contribution in [0.4, 0.5) is 5.82 Å². The second kappa shape index (κ2) is 4.28. The summed E-state index contributed by atoms with van der Waals surface area (Å²) in [5.74, 6) is 0.0886. The summed E-state index contributed by atoms with van der Waals surface area (Å²) >= 11 is 0. The van der Waals surface area contributed by atoms with Crippen molar-refractivity contribution in [2.24, 2.45) is 0 Å². The fourth-order valence-electron chi connectivity index (χ4n) is 1.87. The summed E-state index contributed by atoms with van der Waals surface area (Å²) in [6.45, 7) is -0.369. The molecule has 17 heavy (non-hydrogen) atoms. The van der Waals surface area contributed by atoms with Crippen LogP contribution in [0.1, 0.15) is 6.04 Å². The molecule has 92 valence electrons. The van der Waals surface area contributed by atoms with Gasteiger partial charge in [0, 0.05) is 6.20 Å². The van der Waals surface area contributed by atoms with Crippen molar-refractivity contribution in [3.05, 3.63) is 34.4 Å². The molecule has 0 aromatic carbocycles. The first-order valence-electron chi connectivity index (χ1n) is 5.07. The van der Waals surface area contributed by atoms with Gasteiger partial charge in [-0.2, -0.15) is 4.98 Å². The Labute approximate surface area is 96.5 Å². The first-order valence-corrected chi connectivity index (χ1v) is 5.07. The van der Waals surface area contributed by atoms with Crippen molar-refractivity contribution in [2.75, 3.05) is 12.3 Å². The minimum absolute atomic E-state index is 0.0886. The molecular formula is C10H13N3O4. The average molecular weight is 239 g/mol. The smallest absolute Gasteiger partial charge is 0.350 e. The quantitative estimate of drug-likeness (QED) is 0.444. The van der Waals surface area contributed by atoms with Gasteiger partial charge in [0.15, 0.2) is 0 Å². The summed E-state index contributed by atoms with van der Waals surface area (Å²) in [5.41, 5.74) is 5.02. The Hall–Kier alpha value is -1.70. The van der Waals surface area contributed by atoms with Crippen LogP contribution in [-0.4, -0.2) is 43.7 Å². The third kappa shape index (κ3) is 1.95. The van der Waals surface area contributed by atoms with Crippen molar-refractivity contribution in [3.63, 3.8) is 0 Å². The summed E-state index contributed by atoms with van der Waals surface area (Å²) in [6.07, 6.45) is 0.492. The Bertz CT molecular complexity index is 511. The maximum absolute atomic E-state index is 11.6. The lowest BCUT2D eigenvalue weighted by Gasteiger charge is -2.18. The summed E-state index contributed by atoms with van der Waals surface area (Å²) < 4.78 is 1.16. The summed E-state index contributed by atoms with van der Waals surface area (Å²) in [5, 5.41) is 28.3. The first kappa shape index (κ1) is 11.8. The van der Waals surface area contributed by atoms with Gasteiger partial charge in [-0.3, -0.25) is 4.57 Å². The minimum atomic E-state index is -1.18. The molecule has 1 aromatic heterocycles. The number of hydrogen-bond donors (Lipinski definition) is 4. The van der Waals surface area contributed by atoms with Gasteiger partial charge in [-0.1, -0.05) is 6.08 Å². The van der Waals surface area contributed by atoms with E-state index in [1.807, 2.05) is 0 Å². The van der Waals surface area contributed by atoms with Crippen LogP contribution < -0.4 is 11.4 Å². The fourth-order valence-corrected chi connectivity index (χ4v) is 1.87. The highest BCUT2D eigenvalue weighted by Crippen LogP contribution is 2.27. The van der Waals surface area contributed by atoms with Crippen molar-refractivity contribution in [3.8, 4) is 0 Å². The Balaban J connectivity index is 2.41. The topological polar surface area (TPSA) is 122 Å². The van der Waals surface area contributed by atoms with Crippen LogP contribution >= 0.6 is 0 Å². The Morgan fingerprint density at radius 1 is 1.47 bits per heavy atom. The fraction of sp³-hybridized carbons (Fsp3) is 0.400. The number of aromatic nitrogens is 2. The lowest BCUT2D eigenvalue weighted by Crippen LogP contribution is -2.35. The number of hydrogen-bond acceptors (Lipinski definition) is 6. The maximum Gasteiger partial charge on any atom is 0.350 e. The molecule has 0 spiro atoms. The SMILES string of the molecule is Nc1ccn([C@@H]2C=C(CO)C(O)[C@H]2O)c(=O)n1. The molecule has 1 unspecified atom stereocenters. The second-order valence-electron chi connectivity index (χ2n) is 3.87. The molecule has 7 nitrogen and oxygen atoms in total. The molecule has 1 aliphatic carbocycles. The molecule has 0 aliphatic heterocycles. The van der Waals surface area contributed by atoms with Gasteiger partial charge in [0.1, 0.15) is 18.0 Å². The van der Waals surface area contributed by atoms with Crippen LogP contribution in [0.5, 0.6) is 0 Å². The van der Waals surface area contributed by atoms with Crippen molar-refractivity contribution in [2.45, 2.75) is 18.2 Å². The van der Waals surface area contributed by atoms with Crippen molar-refractivity contribution in [1.29, 1.82) is 0 Å². The predicted molar refractivity (Wildman–Crippen MR) is 59.1 cm³/mol. The van der Waals surface area contributed by atoms with Gasteiger partial charge in [0.05, 0.1) is 12.6 Å². The molecule has 5 N–H and O–H groups in total. The number of rotatable bonds is 2. The first-order chi connectivity index (χ1) is 8.04. The zero-order valence-electron chi connectivity index (χ0n) is 8.89. The molecule has 1 aliphatic rings. The summed E-state index contributed by atoms with van der Waals surface area (Å²) in [6, 6.07) is 0.679. The molecule has 0 radical (unpaired) electrons. The third-order valence-electron chi connectivity index (χ3n) is 2.79. The largest absolute Gasteiger partial charge is 0.392 e. The van der Waals surface area contributed by atoms with Crippen LogP contribution in [0.3, 0.4) is 0 Å². The number of nitrogens with two attached hydrogens (primary N) is 1. The molecule has 7 heteroatoms. The van der Waals surface area contributed by atoms with E-state index in [0.29, 0.717) is 0 Å². The molecular weight excluding hydrogens is 226 g/mol. The van der Waals surface area contributed by atoms with E-state index in [2.05, 4.69) is 4.98 Å². The van der Waals surface area contributed by atoms with Gasteiger partial charge in [0.25, 0.3) is 0 Å². The highest BCUT2D eigenvalue weighted by atomic mass is 16.3. The van der Waals surface area contributed by atoms with E-state index >= 15 is 0 Å². The highest BCUT2D eigenvalue weighted by molar-refractivity contribution is 5.27. The lowest BCUT2D eigenvalue weighted by molar-refractivity contribution is 0.0272. The molecule has 2 rings (SSSR count). The molecule has 0 bridgehead atoms. The number of aliphatic hydroxyl groups is 3. The molecule has 0 amide bonds. The number of nitrogen functional groups attached to an aromatic ring is 1. The van der Waals surface area contributed by atoms with Crippen molar-refractivity contribution in [1.82, 2.24) is 9.55 Å². The van der Waals surface area contributed by atoms with E-state index in [1.165, 1.54) is 18.3 Å². The zero-order valence-corrected chi connectivity index (χ0v) is 8.89. The van der Waals surface area contributed by atoms with E-state index in [4.69, 9.17) is 10.8 Å². The normalized spacial score (nSPS) is 28.2. The van der Waals surface area contributed by atoms with Gasteiger partial charge in [-0.05, 0) is 11.6 Å². The van der Waals surface area contributed by atoms with Gasteiger partial charge in [0.2, 0.25) is 0 Å².